The lowest BCUT2D eigenvalue weighted by molar-refractivity contribution is -0.156. The summed E-state index contributed by atoms with van der Waals surface area (Å²) in [5.74, 6) is -10.4. The average Bonchev–Trinajstić information content (AvgIpc) is 3.27. The number of nitrogens with one attached hydrogen (secondary N) is 7. The van der Waals surface area contributed by atoms with E-state index >= 15 is 0 Å². The Labute approximate surface area is 428 Å². The van der Waals surface area contributed by atoms with E-state index in [9.17, 15) is 53.1 Å². The third-order valence-corrected chi connectivity index (χ3v) is 12.7. The van der Waals surface area contributed by atoms with E-state index in [1.165, 1.54) is 12.8 Å². The van der Waals surface area contributed by atoms with Crippen molar-refractivity contribution in [3.05, 3.63) is 0 Å². The molecule has 72 heavy (non-hydrogen) atoms. The smallest absolute Gasteiger partial charge is 0.329 e. The molecule has 0 saturated carbocycles. The lowest BCUT2D eigenvalue weighted by Crippen LogP contribution is -2.61. The Bertz CT molecular complexity index is 1770. The quantitative estimate of drug-likeness (QED) is 0.0486. The number of rotatable bonds is 24. The van der Waals surface area contributed by atoms with Crippen LogP contribution in [0, 0.1) is 29.6 Å². The fourth-order valence-corrected chi connectivity index (χ4v) is 8.42. The Kier molecular flexibility index (Phi) is 30.7. The van der Waals surface area contributed by atoms with E-state index in [1.54, 1.807) is 34.6 Å². The van der Waals surface area contributed by atoms with Crippen molar-refractivity contribution in [2.75, 3.05) is 0 Å². The zero-order chi connectivity index (χ0) is 54.7. The summed E-state index contributed by atoms with van der Waals surface area (Å²) in [6.07, 6.45) is 7.10. The number of carboxylic acid groups (broad SMARTS) is 1. The number of unbranched alkanes of at least 4 members (excludes halogenated alkanes) is 8. The van der Waals surface area contributed by atoms with E-state index in [-0.39, 0.29) is 56.3 Å². The number of primary amides is 1. The van der Waals surface area contributed by atoms with E-state index < -0.39 is 132 Å². The second-order valence-electron chi connectivity index (χ2n) is 21.3. The Balaban J connectivity index is 3.98. The summed E-state index contributed by atoms with van der Waals surface area (Å²) in [6.45, 7) is 19.8. The maximum Gasteiger partial charge on any atom is 0.329 e. The average molecular weight is 1020 g/mol. The largest absolute Gasteiger partial charge is 0.481 e. The first-order chi connectivity index (χ1) is 33.8. The van der Waals surface area contributed by atoms with Gasteiger partial charge in [-0.1, -0.05) is 134 Å². The molecular formula is C52H92N8O12. The van der Waals surface area contributed by atoms with Gasteiger partial charge in [-0.2, -0.15) is 0 Å². The lowest BCUT2D eigenvalue weighted by Gasteiger charge is -2.30. The second kappa shape index (κ2) is 34.2. The van der Waals surface area contributed by atoms with E-state index in [2.05, 4.69) is 44.1 Å². The van der Waals surface area contributed by atoms with E-state index in [0.29, 0.717) is 12.8 Å². The summed E-state index contributed by atoms with van der Waals surface area (Å²) in [7, 11) is 0. The molecule has 1 aliphatic heterocycles. The van der Waals surface area contributed by atoms with Gasteiger partial charge >= 0.3 is 11.9 Å². The number of ether oxygens (including phenoxy) is 1. The third kappa shape index (κ3) is 25.9. The fraction of sp³-hybridized carbons (Fsp3) is 0.808. The number of hydrogen-bond donors (Lipinski definition) is 9. The first-order valence-corrected chi connectivity index (χ1v) is 26.6. The van der Waals surface area contributed by atoms with Crippen molar-refractivity contribution in [2.24, 2.45) is 35.3 Å². The molecule has 0 aliphatic carbocycles. The Hall–Kier alpha value is -5.30. The zero-order valence-corrected chi connectivity index (χ0v) is 45.2. The summed E-state index contributed by atoms with van der Waals surface area (Å²) >= 11 is 0. The van der Waals surface area contributed by atoms with Crippen LogP contribution in [-0.2, 0) is 52.7 Å². The predicted molar refractivity (Wildman–Crippen MR) is 273 cm³/mol. The topological polar surface area (TPSA) is 310 Å². The number of carbonyl (C=O) groups is 10. The molecule has 1 rings (SSSR count). The maximum atomic E-state index is 14.3. The SMILES string of the molecule is CCCCCCCCCCCC1CC(=O)N[C@@H](CCC(N)=O)C(=O)N[C@@H](CC(C)C)C(=O)N[C@H](CC(C)C)C(=O)N[C@@H](C(C)C)C(=O)N[C@@H](CC(=O)O)C(=O)N[C@H](CC(C)C)C(=O)N[C@@H]([C@@H](C)CC)C(=O)O1. The molecule has 412 valence electrons. The first kappa shape index (κ1) is 64.7. The number of nitrogens with two attached hydrogens (primary N) is 1. The number of amides is 8. The summed E-state index contributed by atoms with van der Waals surface area (Å²) in [5, 5.41) is 28.4. The van der Waals surface area contributed by atoms with Crippen LogP contribution in [0.2, 0.25) is 0 Å². The minimum Gasteiger partial charge on any atom is -0.481 e. The van der Waals surface area contributed by atoms with Gasteiger partial charge in [0, 0.05) is 6.42 Å². The van der Waals surface area contributed by atoms with Gasteiger partial charge in [0.15, 0.2) is 0 Å². The lowest BCUT2D eigenvalue weighted by atomic mass is 9.97. The van der Waals surface area contributed by atoms with Gasteiger partial charge in [0.25, 0.3) is 0 Å². The summed E-state index contributed by atoms with van der Waals surface area (Å²) in [5.41, 5.74) is 5.49. The van der Waals surface area contributed by atoms with Crippen LogP contribution >= 0.6 is 0 Å². The van der Waals surface area contributed by atoms with Gasteiger partial charge in [0.1, 0.15) is 48.4 Å². The maximum absolute atomic E-state index is 14.3. The molecular weight excluding hydrogens is 929 g/mol. The van der Waals surface area contributed by atoms with E-state index in [4.69, 9.17) is 10.5 Å². The molecule has 0 aromatic heterocycles. The highest BCUT2D eigenvalue weighted by atomic mass is 16.5. The Morgan fingerprint density at radius 3 is 1.39 bits per heavy atom. The number of aliphatic carboxylic acids is 1. The van der Waals surface area contributed by atoms with Crippen molar-refractivity contribution < 1.29 is 57.8 Å². The molecule has 9 atom stereocenters. The van der Waals surface area contributed by atoms with Crippen molar-refractivity contribution in [3.63, 3.8) is 0 Å². The van der Waals surface area contributed by atoms with Crippen LogP contribution in [0.5, 0.6) is 0 Å². The molecule has 1 fully saturated rings. The molecule has 1 aliphatic rings. The number of carboxylic acids is 1. The van der Waals surface area contributed by atoms with Gasteiger partial charge < -0.3 is 52.8 Å². The number of cyclic esters (lactones) is 1. The van der Waals surface area contributed by atoms with Crippen LogP contribution < -0.4 is 43.0 Å². The molecule has 0 bridgehead atoms. The van der Waals surface area contributed by atoms with Crippen molar-refractivity contribution in [2.45, 2.75) is 240 Å². The highest BCUT2D eigenvalue weighted by molar-refractivity contribution is 5.98. The van der Waals surface area contributed by atoms with Gasteiger partial charge in [-0.15, -0.1) is 0 Å². The molecule has 1 unspecified atom stereocenters. The Morgan fingerprint density at radius 1 is 0.542 bits per heavy atom. The minimum absolute atomic E-state index is 0.0468. The van der Waals surface area contributed by atoms with E-state index in [0.717, 1.165) is 38.5 Å². The molecule has 0 aromatic carbocycles. The first-order valence-electron chi connectivity index (χ1n) is 26.6. The molecule has 0 spiro atoms. The Morgan fingerprint density at radius 2 is 0.958 bits per heavy atom. The highest BCUT2D eigenvalue weighted by Gasteiger charge is 2.38. The monoisotopic (exact) mass is 1020 g/mol. The number of hydrogen-bond acceptors (Lipinski definition) is 11. The molecule has 8 amide bonds. The minimum atomic E-state index is -1.72. The van der Waals surface area contributed by atoms with Crippen molar-refractivity contribution in [3.8, 4) is 0 Å². The standard InChI is InChI=1S/C52H92N8O12/c1-12-14-15-16-17-18-19-20-21-22-35-28-42(62)54-36(23-24-41(53)61)46(65)55-37(25-30(3)4)47(66)56-38(26-31(5)6)49(68)59-44(33(9)10)51(70)58-40(29-43(63)64)48(67)57-39(27-32(7)8)50(69)60-45(34(11)13-2)52(71)72-35/h30-40,44-45H,12-29H2,1-11H3,(H2,53,61)(H,54,62)(H,55,65)(H,56,66)(H,57,67)(H,58,70)(H,59,68)(H,60,69)(H,63,64)/t34-,35?,36-,37-,38+,39+,40-,44-,45-/m0/s1. The number of esters is 1. The molecule has 0 radical (unpaired) electrons. The summed E-state index contributed by atoms with van der Waals surface area (Å²) in [6, 6.07) is -9.48. The van der Waals surface area contributed by atoms with Gasteiger partial charge in [-0.05, 0) is 68.1 Å². The molecule has 20 nitrogen and oxygen atoms in total. The van der Waals surface area contributed by atoms with Crippen LogP contribution in [0.4, 0.5) is 0 Å². The van der Waals surface area contributed by atoms with Crippen LogP contribution in [0.1, 0.15) is 192 Å². The van der Waals surface area contributed by atoms with Gasteiger partial charge in [-0.3, -0.25) is 43.2 Å². The molecule has 0 aromatic rings. The fourth-order valence-electron chi connectivity index (χ4n) is 8.42. The summed E-state index contributed by atoms with van der Waals surface area (Å²) < 4.78 is 6.07. The van der Waals surface area contributed by atoms with Crippen molar-refractivity contribution in [1.29, 1.82) is 0 Å². The van der Waals surface area contributed by atoms with Gasteiger partial charge in [0.2, 0.25) is 47.3 Å². The van der Waals surface area contributed by atoms with E-state index in [1.807, 2.05) is 34.6 Å². The van der Waals surface area contributed by atoms with Crippen molar-refractivity contribution >= 4 is 59.2 Å². The zero-order valence-electron chi connectivity index (χ0n) is 45.2. The highest BCUT2D eigenvalue weighted by Crippen LogP contribution is 2.19. The molecule has 1 heterocycles. The number of carbonyl (C=O) groups excluding carboxylic acids is 9. The molecule has 1 saturated heterocycles. The van der Waals surface area contributed by atoms with Crippen LogP contribution in [-0.4, -0.2) is 113 Å². The van der Waals surface area contributed by atoms with Crippen LogP contribution in [0.3, 0.4) is 0 Å². The molecule has 10 N–H and O–H groups in total. The van der Waals surface area contributed by atoms with Crippen molar-refractivity contribution in [1.82, 2.24) is 37.2 Å². The normalized spacial score (nSPS) is 24.5. The van der Waals surface area contributed by atoms with Crippen LogP contribution in [0.15, 0.2) is 0 Å². The third-order valence-electron chi connectivity index (χ3n) is 12.7. The molecule has 20 heteroatoms. The summed E-state index contributed by atoms with van der Waals surface area (Å²) in [4.78, 5) is 137. The van der Waals surface area contributed by atoms with Crippen LogP contribution in [0.25, 0.3) is 0 Å². The van der Waals surface area contributed by atoms with Gasteiger partial charge in [0.05, 0.1) is 12.8 Å². The second-order valence-corrected chi connectivity index (χ2v) is 21.3. The predicted octanol–water partition coefficient (Wildman–Crippen LogP) is 4.20. The van der Waals surface area contributed by atoms with Gasteiger partial charge in [-0.25, -0.2) is 4.79 Å².